The zero-order chi connectivity index (χ0) is 41.4. The van der Waals surface area contributed by atoms with E-state index in [1.807, 2.05) is 12.1 Å². The van der Waals surface area contributed by atoms with Crippen LogP contribution in [0.15, 0.2) is 217 Å². The highest BCUT2D eigenvalue weighted by atomic mass is 16.3. The highest BCUT2D eigenvalue weighted by Gasteiger charge is 2.21. The van der Waals surface area contributed by atoms with E-state index >= 15 is 0 Å². The Bertz CT molecular complexity index is 3940. The second-order valence-electron chi connectivity index (χ2n) is 16.4. The molecule has 0 spiro atoms. The summed E-state index contributed by atoms with van der Waals surface area (Å²) >= 11 is 0. The summed E-state index contributed by atoms with van der Waals surface area (Å²) in [5.41, 5.74) is 8.70. The smallest absolute Gasteiger partial charge is 0.164 e. The maximum atomic E-state index is 6.68. The van der Waals surface area contributed by atoms with Crippen molar-refractivity contribution in [1.29, 1.82) is 0 Å². The summed E-state index contributed by atoms with van der Waals surface area (Å²) in [6, 6.07) is 75.3. The lowest BCUT2D eigenvalue weighted by atomic mass is 9.91. The normalized spacial score (nSPS) is 11.8. The van der Waals surface area contributed by atoms with E-state index in [9.17, 15) is 0 Å². The maximum Gasteiger partial charge on any atom is 0.164 e. The van der Waals surface area contributed by atoms with E-state index in [-0.39, 0.29) is 0 Å². The van der Waals surface area contributed by atoms with Gasteiger partial charge in [-0.25, -0.2) is 15.0 Å². The van der Waals surface area contributed by atoms with Crippen LogP contribution in [0.25, 0.3) is 132 Å². The first-order chi connectivity index (χ1) is 31.2. The predicted octanol–water partition coefficient (Wildman–Crippen LogP) is 15.9. The molecule has 0 saturated carbocycles. The van der Waals surface area contributed by atoms with Crippen LogP contribution in [0.3, 0.4) is 0 Å². The second kappa shape index (κ2) is 14.1. The van der Waals surface area contributed by atoms with Gasteiger partial charge < -0.3 is 4.42 Å². The Morgan fingerprint density at radius 1 is 0.254 bits per heavy atom. The van der Waals surface area contributed by atoms with Crippen molar-refractivity contribution < 1.29 is 4.42 Å². The molecule has 0 aliphatic heterocycles. The maximum absolute atomic E-state index is 6.68. The molecule has 0 aliphatic carbocycles. The Morgan fingerprint density at radius 3 is 1.40 bits per heavy atom. The van der Waals surface area contributed by atoms with E-state index < -0.39 is 0 Å². The molecule has 2 aromatic heterocycles. The van der Waals surface area contributed by atoms with Gasteiger partial charge in [0.25, 0.3) is 0 Å². The quantitative estimate of drug-likeness (QED) is 0.163. The minimum atomic E-state index is 0.581. The molecule has 4 heteroatoms. The van der Waals surface area contributed by atoms with Gasteiger partial charge in [0, 0.05) is 27.5 Å². The van der Waals surface area contributed by atoms with E-state index in [4.69, 9.17) is 19.4 Å². The predicted molar refractivity (Wildman–Crippen MR) is 262 cm³/mol. The average molecular weight is 802 g/mol. The van der Waals surface area contributed by atoms with Crippen molar-refractivity contribution in [3.8, 4) is 56.4 Å². The van der Waals surface area contributed by atoms with Crippen LogP contribution >= 0.6 is 0 Å². The van der Waals surface area contributed by atoms with E-state index in [2.05, 4.69) is 200 Å². The number of fused-ring (bicyclic) bond motifs is 11. The third kappa shape index (κ3) is 5.88. The van der Waals surface area contributed by atoms with Crippen molar-refractivity contribution in [2.24, 2.45) is 0 Å². The largest absolute Gasteiger partial charge is 0.456 e. The topological polar surface area (TPSA) is 51.8 Å². The Labute approximate surface area is 362 Å². The number of benzene rings is 11. The van der Waals surface area contributed by atoms with Crippen LogP contribution in [0.2, 0.25) is 0 Å². The van der Waals surface area contributed by atoms with Gasteiger partial charge in [-0.15, -0.1) is 0 Å². The third-order valence-electron chi connectivity index (χ3n) is 12.7. The first-order valence-corrected chi connectivity index (χ1v) is 21.3. The Kier molecular flexibility index (Phi) is 7.87. The van der Waals surface area contributed by atoms with Gasteiger partial charge in [-0.2, -0.15) is 0 Å². The van der Waals surface area contributed by atoms with Gasteiger partial charge in [0.2, 0.25) is 0 Å². The van der Waals surface area contributed by atoms with Crippen LogP contribution in [-0.2, 0) is 0 Å². The van der Waals surface area contributed by atoms with Gasteiger partial charge in [-0.05, 0) is 113 Å². The second-order valence-corrected chi connectivity index (χ2v) is 16.4. The molecule has 0 saturated heterocycles. The monoisotopic (exact) mass is 801 g/mol. The molecule has 4 nitrogen and oxygen atoms in total. The molecular formula is C59H35N3O. The van der Waals surface area contributed by atoms with Crippen molar-refractivity contribution in [3.05, 3.63) is 212 Å². The number of para-hydroxylation sites is 1. The number of nitrogens with zero attached hydrogens (tertiary/aromatic N) is 3. The molecule has 13 rings (SSSR count). The Hall–Kier alpha value is -8.47. The zero-order valence-corrected chi connectivity index (χ0v) is 34.0. The molecule has 0 N–H and O–H groups in total. The molecule has 0 amide bonds. The molecule has 13 aromatic rings. The zero-order valence-electron chi connectivity index (χ0n) is 34.0. The minimum Gasteiger partial charge on any atom is -0.456 e. The average Bonchev–Trinajstić information content (AvgIpc) is 3.74. The lowest BCUT2D eigenvalue weighted by Crippen LogP contribution is -2.01. The van der Waals surface area contributed by atoms with E-state index in [0.29, 0.717) is 17.5 Å². The lowest BCUT2D eigenvalue weighted by molar-refractivity contribution is 0.669. The van der Waals surface area contributed by atoms with Crippen LogP contribution in [0.1, 0.15) is 0 Å². The lowest BCUT2D eigenvalue weighted by Gasteiger charge is -2.13. The molecule has 0 fully saturated rings. The van der Waals surface area contributed by atoms with E-state index in [1.54, 1.807) is 0 Å². The molecule has 0 radical (unpaired) electrons. The molecular weight excluding hydrogens is 767 g/mol. The fourth-order valence-corrected chi connectivity index (χ4v) is 9.55. The summed E-state index contributed by atoms with van der Waals surface area (Å²) in [4.78, 5) is 15.9. The molecule has 2 heterocycles. The van der Waals surface area contributed by atoms with Crippen molar-refractivity contribution in [2.75, 3.05) is 0 Å². The number of aromatic nitrogens is 3. The van der Waals surface area contributed by atoms with Gasteiger partial charge in [-0.3, -0.25) is 0 Å². The summed E-state index contributed by atoms with van der Waals surface area (Å²) in [7, 11) is 0. The highest BCUT2D eigenvalue weighted by Crippen LogP contribution is 2.42. The number of hydrogen-bond acceptors (Lipinski definition) is 4. The van der Waals surface area contributed by atoms with Crippen molar-refractivity contribution in [1.82, 2.24) is 15.0 Å². The van der Waals surface area contributed by atoms with E-state index in [1.165, 1.54) is 43.1 Å². The fraction of sp³-hybridized carbons (Fsp3) is 0. The first-order valence-electron chi connectivity index (χ1n) is 21.3. The van der Waals surface area contributed by atoms with Crippen LogP contribution in [0.5, 0.6) is 0 Å². The minimum absolute atomic E-state index is 0.581. The van der Waals surface area contributed by atoms with Crippen LogP contribution in [0, 0.1) is 0 Å². The van der Waals surface area contributed by atoms with Gasteiger partial charge >= 0.3 is 0 Å². The molecule has 0 bridgehead atoms. The standard InChI is InChI=1S/C59H35N3O/c1-3-13-40-31-42(27-23-36(40)11-1)38-21-25-39(26-22-38)57-60-58(44-28-24-37-12-2-4-14-41(37)32-44)62-59(61-57)53-34-45(35-55-56(53)51-19-9-10-20-54(51)63-55)43-29-30-50-48-17-6-5-15-46(48)47-16-7-8-18-49(47)52(50)33-43/h1-35H. The molecule has 292 valence electrons. The van der Waals surface area contributed by atoms with Gasteiger partial charge in [-0.1, -0.05) is 176 Å². The first kappa shape index (κ1) is 35.3. The molecule has 0 unspecified atom stereocenters. The van der Waals surface area contributed by atoms with Crippen LogP contribution in [0.4, 0.5) is 0 Å². The Balaban J connectivity index is 1.03. The third-order valence-corrected chi connectivity index (χ3v) is 12.7. The number of hydrogen-bond donors (Lipinski definition) is 0. The van der Waals surface area contributed by atoms with Crippen LogP contribution in [-0.4, -0.2) is 15.0 Å². The molecule has 63 heavy (non-hydrogen) atoms. The molecule has 0 aliphatic rings. The molecule has 11 aromatic carbocycles. The van der Waals surface area contributed by atoms with Gasteiger partial charge in [0.05, 0.1) is 0 Å². The SMILES string of the molecule is c1ccc2cc(-c3ccc(-c4nc(-c5ccc6ccccc6c5)nc(-c5cc(-c6ccc7c8ccccc8c8ccccc8c7c6)cc6oc7ccccc7c56)n4)cc3)ccc2c1. The van der Waals surface area contributed by atoms with Gasteiger partial charge in [0.15, 0.2) is 17.5 Å². The highest BCUT2D eigenvalue weighted by molar-refractivity contribution is 6.26. The summed E-state index contributed by atoms with van der Waals surface area (Å²) in [5, 5.41) is 14.1. The summed E-state index contributed by atoms with van der Waals surface area (Å²) in [5.74, 6) is 1.79. The van der Waals surface area contributed by atoms with Crippen molar-refractivity contribution in [2.45, 2.75) is 0 Å². The van der Waals surface area contributed by atoms with Gasteiger partial charge in [0.1, 0.15) is 11.2 Å². The summed E-state index contributed by atoms with van der Waals surface area (Å²) in [6.45, 7) is 0. The van der Waals surface area contributed by atoms with E-state index in [0.717, 1.165) is 71.7 Å². The Morgan fingerprint density at radius 2 is 0.714 bits per heavy atom. The van der Waals surface area contributed by atoms with Crippen molar-refractivity contribution in [3.63, 3.8) is 0 Å². The summed E-state index contributed by atoms with van der Waals surface area (Å²) < 4.78 is 6.68. The fourth-order valence-electron chi connectivity index (χ4n) is 9.55. The molecule has 0 atom stereocenters. The summed E-state index contributed by atoms with van der Waals surface area (Å²) in [6.07, 6.45) is 0. The number of furan rings is 1. The van der Waals surface area contributed by atoms with Crippen LogP contribution < -0.4 is 0 Å². The number of rotatable bonds is 5. The van der Waals surface area contributed by atoms with Crippen molar-refractivity contribution >= 4 is 75.8 Å².